The Hall–Kier alpha value is -3.39. The van der Waals surface area contributed by atoms with Crippen LogP contribution in [0, 0.1) is 0 Å². The van der Waals surface area contributed by atoms with Gasteiger partial charge in [-0.3, -0.25) is 9.69 Å². The van der Waals surface area contributed by atoms with Gasteiger partial charge in [0.05, 0.1) is 0 Å². The van der Waals surface area contributed by atoms with Crippen molar-refractivity contribution in [2.75, 3.05) is 37.6 Å². The van der Waals surface area contributed by atoms with E-state index < -0.39 is 0 Å². The average molecular weight is 570 g/mol. The van der Waals surface area contributed by atoms with Gasteiger partial charge in [-0.2, -0.15) is 0 Å². The van der Waals surface area contributed by atoms with E-state index in [9.17, 15) is 4.79 Å². The molecule has 0 bridgehead atoms. The van der Waals surface area contributed by atoms with Crippen LogP contribution in [0.3, 0.4) is 0 Å². The Morgan fingerprint density at radius 1 is 0.800 bits per heavy atom. The van der Waals surface area contributed by atoms with Crippen molar-refractivity contribution in [2.24, 2.45) is 0 Å². The van der Waals surface area contributed by atoms with Crippen molar-refractivity contribution in [3.8, 4) is 0 Å². The molecule has 1 saturated heterocycles. The van der Waals surface area contributed by atoms with Crippen molar-refractivity contribution in [3.05, 3.63) is 118 Å². The first-order chi connectivity index (χ1) is 19.6. The minimum absolute atomic E-state index is 0.0778. The van der Waals surface area contributed by atoms with E-state index >= 15 is 0 Å². The van der Waals surface area contributed by atoms with E-state index in [1.165, 1.54) is 16.7 Å². The van der Waals surface area contributed by atoms with Crippen LogP contribution in [0.4, 0.5) is 5.82 Å². The average Bonchev–Trinajstić information content (AvgIpc) is 3.00. The number of halogens is 1. The van der Waals surface area contributed by atoms with Gasteiger partial charge in [-0.05, 0) is 40.8 Å². The molecule has 6 nitrogen and oxygen atoms in total. The van der Waals surface area contributed by atoms with Crippen molar-refractivity contribution in [1.82, 2.24) is 19.8 Å². The van der Waals surface area contributed by atoms with Crippen LogP contribution in [0.5, 0.6) is 0 Å². The number of hydrogen-bond acceptors (Lipinski definition) is 6. The van der Waals surface area contributed by atoms with Crippen molar-refractivity contribution in [3.63, 3.8) is 0 Å². The van der Waals surface area contributed by atoms with Gasteiger partial charge in [0.15, 0.2) is 5.16 Å². The molecule has 2 aliphatic heterocycles. The van der Waals surface area contributed by atoms with Crippen molar-refractivity contribution in [2.45, 2.75) is 30.4 Å². The summed E-state index contributed by atoms with van der Waals surface area (Å²) in [5.41, 5.74) is 5.70. The third-order valence-electron chi connectivity index (χ3n) is 7.57. The fraction of sp³-hybridized carbons (Fsp3) is 0.281. The summed E-state index contributed by atoms with van der Waals surface area (Å²) in [5.74, 6) is 1.61. The molecule has 40 heavy (non-hydrogen) atoms. The van der Waals surface area contributed by atoms with E-state index in [1.54, 1.807) is 11.8 Å². The number of fused-ring (bicyclic) bond motifs is 1. The standard InChI is InChI=1S/C32H32ClN5OS/c33-29-20-30(37-17-15-36(16-18-37)21-24-7-2-1-3-8-24)35-32(34-29)40-23-25-9-6-12-27(19-25)31(39)38-14-13-26-10-4-5-11-28(26)22-38/h1-12,19-20H,13-18,21-23H2. The predicted octanol–water partition coefficient (Wildman–Crippen LogP) is 5.94. The van der Waals surface area contributed by atoms with E-state index in [1.807, 2.05) is 41.3 Å². The fourth-order valence-corrected chi connectivity index (χ4v) is 6.41. The number of carbonyl (C=O) groups is 1. The molecule has 0 atom stereocenters. The summed E-state index contributed by atoms with van der Waals surface area (Å²) in [6.07, 6.45) is 0.897. The molecule has 2 aliphatic rings. The molecule has 0 saturated carbocycles. The van der Waals surface area contributed by atoms with Gasteiger partial charge in [0.25, 0.3) is 5.91 Å². The lowest BCUT2D eigenvalue weighted by atomic mass is 9.99. The van der Waals surface area contributed by atoms with E-state index in [0.717, 1.165) is 62.6 Å². The summed E-state index contributed by atoms with van der Waals surface area (Å²) >= 11 is 7.97. The van der Waals surface area contributed by atoms with Gasteiger partial charge in [0.2, 0.25) is 0 Å². The van der Waals surface area contributed by atoms with E-state index in [2.05, 4.69) is 63.3 Å². The molecule has 0 radical (unpaired) electrons. The summed E-state index contributed by atoms with van der Waals surface area (Å²) in [4.78, 5) is 29.3. The van der Waals surface area contributed by atoms with Gasteiger partial charge in [0.1, 0.15) is 11.0 Å². The number of carbonyl (C=O) groups excluding carboxylic acids is 1. The minimum atomic E-state index is 0.0778. The number of amides is 1. The first-order valence-electron chi connectivity index (χ1n) is 13.7. The van der Waals surface area contributed by atoms with Crippen molar-refractivity contribution < 1.29 is 4.79 Å². The molecule has 0 aliphatic carbocycles. The molecule has 3 heterocycles. The smallest absolute Gasteiger partial charge is 0.254 e. The lowest BCUT2D eigenvalue weighted by molar-refractivity contribution is 0.0734. The van der Waals surface area contributed by atoms with Gasteiger partial charge in [0, 0.05) is 63.2 Å². The van der Waals surface area contributed by atoms with Crippen LogP contribution in [-0.2, 0) is 25.3 Å². The second-order valence-corrected chi connectivity index (χ2v) is 11.6. The molecular formula is C32H32ClN5OS. The molecule has 6 rings (SSSR count). The van der Waals surface area contributed by atoms with E-state index in [-0.39, 0.29) is 5.91 Å². The summed E-state index contributed by atoms with van der Waals surface area (Å²) in [6, 6.07) is 28.7. The summed E-state index contributed by atoms with van der Waals surface area (Å²) in [6.45, 7) is 6.12. The van der Waals surface area contributed by atoms with Gasteiger partial charge >= 0.3 is 0 Å². The maximum atomic E-state index is 13.3. The topological polar surface area (TPSA) is 52.6 Å². The lowest BCUT2D eigenvalue weighted by Crippen LogP contribution is -2.46. The largest absolute Gasteiger partial charge is 0.354 e. The van der Waals surface area contributed by atoms with Crippen LogP contribution >= 0.6 is 23.4 Å². The SMILES string of the molecule is O=C(c1cccc(CSc2nc(Cl)cc(N3CCN(Cc4ccccc4)CC3)n2)c1)N1CCc2ccccc2C1. The number of aromatic nitrogens is 2. The van der Waals surface area contributed by atoms with E-state index in [4.69, 9.17) is 16.6 Å². The number of benzene rings is 3. The van der Waals surface area contributed by atoms with E-state index in [0.29, 0.717) is 22.6 Å². The van der Waals surface area contributed by atoms with Crippen molar-refractivity contribution >= 4 is 35.1 Å². The van der Waals surface area contributed by atoms with Gasteiger partial charge in [-0.1, -0.05) is 90.1 Å². The molecule has 0 N–H and O–H groups in total. The molecule has 0 unspecified atom stereocenters. The number of anilines is 1. The normalized spacial score (nSPS) is 15.6. The van der Waals surface area contributed by atoms with Crippen LogP contribution < -0.4 is 4.90 Å². The zero-order valence-electron chi connectivity index (χ0n) is 22.4. The molecule has 1 amide bonds. The molecule has 0 spiro atoms. The van der Waals surface area contributed by atoms with Crippen LogP contribution in [0.15, 0.2) is 90.1 Å². The highest BCUT2D eigenvalue weighted by Gasteiger charge is 2.22. The first-order valence-corrected chi connectivity index (χ1v) is 15.1. The predicted molar refractivity (Wildman–Crippen MR) is 162 cm³/mol. The Morgan fingerprint density at radius 3 is 2.38 bits per heavy atom. The summed E-state index contributed by atoms with van der Waals surface area (Å²) in [5, 5.41) is 1.10. The minimum Gasteiger partial charge on any atom is -0.354 e. The zero-order valence-corrected chi connectivity index (χ0v) is 23.9. The number of rotatable bonds is 7. The second-order valence-electron chi connectivity index (χ2n) is 10.3. The van der Waals surface area contributed by atoms with Gasteiger partial charge in [-0.25, -0.2) is 9.97 Å². The third kappa shape index (κ3) is 6.49. The number of piperazine rings is 1. The van der Waals surface area contributed by atoms with Crippen LogP contribution in [-0.4, -0.2) is 58.4 Å². The Morgan fingerprint density at radius 2 is 1.55 bits per heavy atom. The fourth-order valence-electron chi connectivity index (χ4n) is 5.38. The van der Waals surface area contributed by atoms with Gasteiger partial charge in [-0.15, -0.1) is 0 Å². The molecule has 204 valence electrons. The van der Waals surface area contributed by atoms with Crippen LogP contribution in [0.1, 0.15) is 32.6 Å². The monoisotopic (exact) mass is 569 g/mol. The zero-order chi connectivity index (χ0) is 27.3. The Kier molecular flexibility index (Phi) is 8.32. The second kappa shape index (κ2) is 12.4. The third-order valence-corrected chi connectivity index (χ3v) is 8.68. The molecule has 3 aromatic carbocycles. The number of hydrogen-bond donors (Lipinski definition) is 0. The van der Waals surface area contributed by atoms with Gasteiger partial charge < -0.3 is 9.80 Å². The molecule has 8 heteroatoms. The van der Waals surface area contributed by atoms with Crippen molar-refractivity contribution in [1.29, 1.82) is 0 Å². The van der Waals surface area contributed by atoms with Crippen LogP contribution in [0.25, 0.3) is 0 Å². The Bertz CT molecular complexity index is 1480. The Labute approximate surface area is 245 Å². The Balaban J connectivity index is 1.06. The molecular weight excluding hydrogens is 538 g/mol. The lowest BCUT2D eigenvalue weighted by Gasteiger charge is -2.35. The first kappa shape index (κ1) is 26.8. The highest BCUT2D eigenvalue weighted by Crippen LogP contribution is 2.27. The highest BCUT2D eigenvalue weighted by molar-refractivity contribution is 7.98. The highest BCUT2D eigenvalue weighted by atomic mass is 35.5. The molecule has 1 fully saturated rings. The van der Waals surface area contributed by atoms with Crippen LogP contribution in [0.2, 0.25) is 5.15 Å². The maximum absolute atomic E-state index is 13.3. The number of thioether (sulfide) groups is 1. The molecule has 4 aromatic rings. The number of nitrogens with zero attached hydrogens (tertiary/aromatic N) is 5. The summed E-state index contributed by atoms with van der Waals surface area (Å²) in [7, 11) is 0. The summed E-state index contributed by atoms with van der Waals surface area (Å²) < 4.78 is 0. The maximum Gasteiger partial charge on any atom is 0.254 e. The molecule has 1 aromatic heterocycles. The quantitative estimate of drug-likeness (QED) is 0.156.